The van der Waals surface area contributed by atoms with Gasteiger partial charge in [-0.25, -0.2) is 0 Å². The van der Waals surface area contributed by atoms with Crippen molar-refractivity contribution in [2.24, 2.45) is 5.92 Å². The van der Waals surface area contributed by atoms with E-state index in [9.17, 15) is 4.79 Å². The molecule has 3 nitrogen and oxygen atoms in total. The van der Waals surface area contributed by atoms with Crippen molar-refractivity contribution < 1.29 is 9.53 Å². The van der Waals surface area contributed by atoms with Crippen LogP contribution in [0.3, 0.4) is 0 Å². The van der Waals surface area contributed by atoms with Crippen molar-refractivity contribution in [2.75, 3.05) is 19.4 Å². The number of rotatable bonds is 4. The molecule has 1 rings (SSSR count). The number of nitrogens with one attached hydrogen (secondary N) is 1. The zero-order valence-electron chi connectivity index (χ0n) is 8.00. The largest absolute Gasteiger partial charge is 0.500 e. The molecule has 1 aliphatic heterocycles. The second-order valence-electron chi connectivity index (χ2n) is 2.90. The van der Waals surface area contributed by atoms with E-state index in [1.807, 2.05) is 12.3 Å². The predicted octanol–water partition coefficient (Wildman–Crippen LogP) is 1.36. The number of hydrogen-bond donors (Lipinski definition) is 1. The highest BCUT2D eigenvalue weighted by Crippen LogP contribution is 2.28. The Balaban J connectivity index is 2.43. The van der Waals surface area contributed by atoms with Crippen LogP contribution in [0.25, 0.3) is 0 Å². The van der Waals surface area contributed by atoms with Crippen LogP contribution in [0, 0.1) is 5.92 Å². The SMILES string of the molecule is CCCNC(=O)C1CSC=C1OC. The summed E-state index contributed by atoms with van der Waals surface area (Å²) in [5.74, 6) is 1.60. The molecule has 0 aromatic carbocycles. The monoisotopic (exact) mass is 201 g/mol. The van der Waals surface area contributed by atoms with Gasteiger partial charge in [0.1, 0.15) is 11.7 Å². The Morgan fingerprint density at radius 1 is 1.85 bits per heavy atom. The molecule has 0 spiro atoms. The molecule has 0 fully saturated rings. The summed E-state index contributed by atoms with van der Waals surface area (Å²) in [6, 6.07) is 0. The van der Waals surface area contributed by atoms with E-state index in [-0.39, 0.29) is 11.8 Å². The van der Waals surface area contributed by atoms with Gasteiger partial charge in [0, 0.05) is 17.7 Å². The summed E-state index contributed by atoms with van der Waals surface area (Å²) in [5.41, 5.74) is 0. The minimum atomic E-state index is -0.0819. The van der Waals surface area contributed by atoms with E-state index in [0.717, 1.165) is 24.5 Å². The number of amides is 1. The van der Waals surface area contributed by atoms with E-state index < -0.39 is 0 Å². The normalized spacial score (nSPS) is 21.1. The van der Waals surface area contributed by atoms with Gasteiger partial charge in [-0.3, -0.25) is 4.79 Å². The molecule has 0 saturated carbocycles. The molecule has 1 unspecified atom stereocenters. The lowest BCUT2D eigenvalue weighted by Gasteiger charge is -2.12. The van der Waals surface area contributed by atoms with Crippen LogP contribution in [0.4, 0.5) is 0 Å². The van der Waals surface area contributed by atoms with Gasteiger partial charge < -0.3 is 10.1 Å². The first-order chi connectivity index (χ1) is 6.29. The molecule has 0 radical (unpaired) electrons. The summed E-state index contributed by atoms with van der Waals surface area (Å²) in [5, 5.41) is 4.78. The summed E-state index contributed by atoms with van der Waals surface area (Å²) in [7, 11) is 1.61. The average Bonchev–Trinajstić information content (AvgIpc) is 2.61. The standard InChI is InChI=1S/C9H15NO2S/c1-3-4-10-9(11)7-5-13-6-8(7)12-2/h6-7H,3-5H2,1-2H3,(H,10,11). The van der Waals surface area contributed by atoms with E-state index in [1.165, 1.54) is 0 Å². The van der Waals surface area contributed by atoms with Crippen molar-refractivity contribution in [3.63, 3.8) is 0 Å². The van der Waals surface area contributed by atoms with Gasteiger partial charge in [0.15, 0.2) is 0 Å². The summed E-state index contributed by atoms with van der Waals surface area (Å²) in [6.45, 7) is 2.79. The molecular weight excluding hydrogens is 186 g/mol. The van der Waals surface area contributed by atoms with Gasteiger partial charge in [0.05, 0.1) is 7.11 Å². The molecule has 0 saturated heterocycles. The Kier molecular flexibility index (Phi) is 4.15. The van der Waals surface area contributed by atoms with Crippen molar-refractivity contribution in [3.8, 4) is 0 Å². The highest BCUT2D eigenvalue weighted by atomic mass is 32.2. The summed E-state index contributed by atoms with van der Waals surface area (Å²) in [4.78, 5) is 11.5. The van der Waals surface area contributed by atoms with Crippen molar-refractivity contribution in [3.05, 3.63) is 11.2 Å². The predicted molar refractivity (Wildman–Crippen MR) is 54.3 cm³/mol. The Morgan fingerprint density at radius 2 is 2.62 bits per heavy atom. The minimum Gasteiger partial charge on any atom is -0.500 e. The maximum atomic E-state index is 11.5. The highest BCUT2D eigenvalue weighted by molar-refractivity contribution is 8.02. The zero-order valence-corrected chi connectivity index (χ0v) is 8.82. The van der Waals surface area contributed by atoms with Crippen LogP contribution in [-0.4, -0.2) is 25.3 Å². The van der Waals surface area contributed by atoms with Gasteiger partial charge in [-0.05, 0) is 6.42 Å². The molecule has 0 aliphatic carbocycles. The van der Waals surface area contributed by atoms with Crippen molar-refractivity contribution in [2.45, 2.75) is 13.3 Å². The summed E-state index contributed by atoms with van der Waals surface area (Å²) < 4.78 is 5.10. The zero-order chi connectivity index (χ0) is 9.68. The van der Waals surface area contributed by atoms with Crippen LogP contribution in [0.1, 0.15) is 13.3 Å². The van der Waals surface area contributed by atoms with Gasteiger partial charge in [0.2, 0.25) is 5.91 Å². The topological polar surface area (TPSA) is 38.3 Å². The van der Waals surface area contributed by atoms with Crippen molar-refractivity contribution in [1.82, 2.24) is 5.32 Å². The fourth-order valence-corrected chi connectivity index (χ4v) is 2.19. The smallest absolute Gasteiger partial charge is 0.231 e. The van der Waals surface area contributed by atoms with Crippen LogP contribution in [0.2, 0.25) is 0 Å². The second-order valence-corrected chi connectivity index (χ2v) is 3.80. The molecule has 74 valence electrons. The molecule has 1 heterocycles. The third-order valence-corrected chi connectivity index (χ3v) is 2.83. The van der Waals surface area contributed by atoms with Crippen LogP contribution >= 0.6 is 11.8 Å². The fourth-order valence-electron chi connectivity index (χ4n) is 1.16. The summed E-state index contributed by atoms with van der Waals surface area (Å²) >= 11 is 1.63. The first-order valence-corrected chi connectivity index (χ1v) is 5.47. The average molecular weight is 201 g/mol. The van der Waals surface area contributed by atoms with Crippen LogP contribution in [-0.2, 0) is 9.53 Å². The third kappa shape index (κ3) is 2.66. The molecular formula is C9H15NO2S. The fraction of sp³-hybridized carbons (Fsp3) is 0.667. The molecule has 1 atom stereocenters. The number of ether oxygens (including phenoxy) is 1. The molecule has 13 heavy (non-hydrogen) atoms. The molecule has 0 aromatic heterocycles. The Bertz CT molecular complexity index is 216. The number of hydrogen-bond acceptors (Lipinski definition) is 3. The van der Waals surface area contributed by atoms with E-state index in [4.69, 9.17) is 4.74 Å². The minimum absolute atomic E-state index is 0.0819. The van der Waals surface area contributed by atoms with Gasteiger partial charge in [0.25, 0.3) is 0 Å². The Morgan fingerprint density at radius 3 is 3.23 bits per heavy atom. The Labute approximate surface area is 82.9 Å². The molecule has 0 bridgehead atoms. The van der Waals surface area contributed by atoms with Crippen molar-refractivity contribution in [1.29, 1.82) is 0 Å². The Hall–Kier alpha value is -0.640. The van der Waals surface area contributed by atoms with E-state index in [0.29, 0.717) is 0 Å². The third-order valence-electron chi connectivity index (χ3n) is 1.91. The van der Waals surface area contributed by atoms with Crippen LogP contribution in [0.5, 0.6) is 0 Å². The quantitative estimate of drug-likeness (QED) is 0.746. The van der Waals surface area contributed by atoms with Crippen molar-refractivity contribution >= 4 is 17.7 Å². The van der Waals surface area contributed by atoms with E-state index in [2.05, 4.69) is 5.32 Å². The number of methoxy groups -OCH3 is 1. The second kappa shape index (κ2) is 5.17. The molecule has 0 aromatic rings. The molecule has 1 aliphatic rings. The number of carbonyl (C=O) groups excluding carboxylic acids is 1. The number of thioether (sulfide) groups is 1. The molecule has 1 amide bonds. The first-order valence-electron chi connectivity index (χ1n) is 4.43. The lowest BCUT2D eigenvalue weighted by Crippen LogP contribution is -2.32. The van der Waals surface area contributed by atoms with Gasteiger partial charge in [-0.2, -0.15) is 0 Å². The van der Waals surface area contributed by atoms with Gasteiger partial charge >= 0.3 is 0 Å². The maximum Gasteiger partial charge on any atom is 0.231 e. The van der Waals surface area contributed by atoms with E-state index in [1.54, 1.807) is 18.9 Å². The highest BCUT2D eigenvalue weighted by Gasteiger charge is 2.27. The number of carbonyl (C=O) groups is 1. The van der Waals surface area contributed by atoms with Gasteiger partial charge in [-0.15, -0.1) is 11.8 Å². The lowest BCUT2D eigenvalue weighted by atomic mass is 10.1. The van der Waals surface area contributed by atoms with Crippen LogP contribution < -0.4 is 5.32 Å². The molecule has 4 heteroatoms. The van der Waals surface area contributed by atoms with E-state index >= 15 is 0 Å². The van der Waals surface area contributed by atoms with Crippen LogP contribution in [0.15, 0.2) is 11.2 Å². The first kappa shape index (κ1) is 10.4. The summed E-state index contributed by atoms with van der Waals surface area (Å²) in [6.07, 6.45) is 0.970. The van der Waals surface area contributed by atoms with Gasteiger partial charge in [-0.1, -0.05) is 6.92 Å². The molecule has 1 N–H and O–H groups in total. The lowest BCUT2D eigenvalue weighted by molar-refractivity contribution is -0.124. The maximum absolute atomic E-state index is 11.5.